The number of nitrogens with zero attached hydrogens (tertiary/aromatic N) is 1. The van der Waals surface area contributed by atoms with Crippen molar-refractivity contribution in [1.82, 2.24) is 4.90 Å². The van der Waals surface area contributed by atoms with Gasteiger partial charge in [0.15, 0.2) is 0 Å². The lowest BCUT2D eigenvalue weighted by Crippen LogP contribution is -2.22. The Morgan fingerprint density at radius 2 is 1.87 bits per heavy atom. The zero-order valence-corrected chi connectivity index (χ0v) is 11.6. The maximum atomic E-state index is 2.51. The highest BCUT2D eigenvalue weighted by molar-refractivity contribution is 4.75. The summed E-state index contributed by atoms with van der Waals surface area (Å²) in [5, 5.41) is 0. The Morgan fingerprint density at radius 3 is 2.33 bits per heavy atom. The van der Waals surface area contributed by atoms with Crippen molar-refractivity contribution in [3.05, 3.63) is 0 Å². The fraction of sp³-hybridized carbons (Fsp3) is 1.00. The molecule has 1 unspecified atom stereocenters. The zero-order chi connectivity index (χ0) is 11.7. The molecule has 0 bridgehead atoms. The van der Waals surface area contributed by atoms with Crippen LogP contribution in [-0.4, -0.2) is 25.0 Å². The first kappa shape index (κ1) is 15.0. The summed E-state index contributed by atoms with van der Waals surface area (Å²) < 4.78 is 0. The normalized spacial score (nSPS) is 17.2. The molecule has 0 saturated heterocycles. The van der Waals surface area contributed by atoms with Crippen molar-refractivity contribution < 1.29 is 0 Å². The molecular formula is C14H31N. The largest absolute Gasteiger partial charge is 0.306 e. The maximum absolute atomic E-state index is 2.51. The molecule has 1 fully saturated rings. The summed E-state index contributed by atoms with van der Waals surface area (Å²) in [6.45, 7) is 11.3. The summed E-state index contributed by atoms with van der Waals surface area (Å²) in [6.07, 6.45) is 7.10. The van der Waals surface area contributed by atoms with Crippen molar-refractivity contribution in [3.63, 3.8) is 0 Å². The van der Waals surface area contributed by atoms with Crippen LogP contribution >= 0.6 is 0 Å². The van der Waals surface area contributed by atoms with Gasteiger partial charge in [0.05, 0.1) is 0 Å². The van der Waals surface area contributed by atoms with Crippen molar-refractivity contribution in [3.8, 4) is 0 Å². The molecule has 0 spiro atoms. The summed E-state index contributed by atoms with van der Waals surface area (Å²) in [7, 11) is 2.27. The highest BCUT2D eigenvalue weighted by atomic mass is 15.1. The van der Waals surface area contributed by atoms with Crippen LogP contribution in [0.3, 0.4) is 0 Å². The van der Waals surface area contributed by atoms with E-state index < -0.39 is 0 Å². The smallest absolute Gasteiger partial charge is 0.000661 e. The van der Waals surface area contributed by atoms with E-state index in [1.165, 1.54) is 45.2 Å². The minimum absolute atomic E-state index is 0.925. The molecular weight excluding hydrogens is 182 g/mol. The molecule has 1 atom stereocenters. The van der Waals surface area contributed by atoms with E-state index in [2.05, 4.69) is 25.8 Å². The van der Waals surface area contributed by atoms with Crippen molar-refractivity contribution in [2.45, 2.75) is 59.8 Å². The molecule has 0 radical (unpaired) electrons. The van der Waals surface area contributed by atoms with E-state index in [4.69, 9.17) is 0 Å². The number of hydrogen-bond acceptors (Lipinski definition) is 1. The average molecular weight is 213 g/mol. The van der Waals surface area contributed by atoms with Crippen LogP contribution in [-0.2, 0) is 0 Å². The molecule has 1 aliphatic rings. The standard InChI is InChI=1S/C12H25N.C2H6/c1-4-11(2)6-5-9-13(3)10-12-7-8-12;1-2/h11-12H,4-10H2,1-3H3;1-2H3. The van der Waals surface area contributed by atoms with Gasteiger partial charge in [-0.05, 0) is 51.1 Å². The molecule has 92 valence electrons. The Balaban J connectivity index is 0.000000921. The second kappa shape index (κ2) is 9.21. The summed E-state index contributed by atoms with van der Waals surface area (Å²) in [6, 6.07) is 0. The van der Waals surface area contributed by atoms with Crippen LogP contribution in [0.2, 0.25) is 0 Å². The van der Waals surface area contributed by atoms with Gasteiger partial charge in [0.25, 0.3) is 0 Å². The van der Waals surface area contributed by atoms with Crippen molar-refractivity contribution in [1.29, 1.82) is 0 Å². The molecule has 1 saturated carbocycles. The molecule has 1 heteroatoms. The average Bonchev–Trinajstić information content (AvgIpc) is 3.04. The van der Waals surface area contributed by atoms with Crippen molar-refractivity contribution >= 4 is 0 Å². The van der Waals surface area contributed by atoms with Gasteiger partial charge in [0, 0.05) is 6.54 Å². The summed E-state index contributed by atoms with van der Waals surface area (Å²) >= 11 is 0. The fourth-order valence-electron chi connectivity index (χ4n) is 1.75. The van der Waals surface area contributed by atoms with Crippen LogP contribution in [0.4, 0.5) is 0 Å². The van der Waals surface area contributed by atoms with Crippen LogP contribution < -0.4 is 0 Å². The quantitative estimate of drug-likeness (QED) is 0.613. The van der Waals surface area contributed by atoms with Crippen molar-refractivity contribution in [2.75, 3.05) is 20.1 Å². The van der Waals surface area contributed by atoms with Crippen LogP contribution in [0.25, 0.3) is 0 Å². The third-order valence-corrected chi connectivity index (χ3v) is 3.20. The first-order chi connectivity index (χ1) is 7.22. The predicted molar refractivity (Wildman–Crippen MR) is 70.3 cm³/mol. The lowest BCUT2D eigenvalue weighted by atomic mass is 10.0. The van der Waals surface area contributed by atoms with Crippen LogP contribution in [0, 0.1) is 11.8 Å². The maximum Gasteiger partial charge on any atom is 0.000661 e. The first-order valence-electron chi connectivity index (χ1n) is 6.91. The fourth-order valence-corrected chi connectivity index (χ4v) is 1.75. The molecule has 0 N–H and O–H groups in total. The molecule has 1 nitrogen and oxygen atoms in total. The van der Waals surface area contributed by atoms with Gasteiger partial charge < -0.3 is 4.90 Å². The Kier molecular flexibility index (Phi) is 9.18. The SMILES string of the molecule is CC.CCC(C)CCCN(C)CC1CC1. The zero-order valence-electron chi connectivity index (χ0n) is 11.6. The summed E-state index contributed by atoms with van der Waals surface area (Å²) in [5.41, 5.74) is 0. The Labute approximate surface area is 97.2 Å². The third-order valence-electron chi connectivity index (χ3n) is 3.20. The van der Waals surface area contributed by atoms with Crippen LogP contribution in [0.15, 0.2) is 0 Å². The van der Waals surface area contributed by atoms with Gasteiger partial charge in [0.2, 0.25) is 0 Å². The Hall–Kier alpha value is -0.0400. The molecule has 0 aromatic rings. The molecule has 1 rings (SSSR count). The molecule has 15 heavy (non-hydrogen) atoms. The van der Waals surface area contributed by atoms with Gasteiger partial charge in [-0.15, -0.1) is 0 Å². The van der Waals surface area contributed by atoms with E-state index in [1.807, 2.05) is 13.8 Å². The highest BCUT2D eigenvalue weighted by Gasteiger charge is 2.22. The van der Waals surface area contributed by atoms with Gasteiger partial charge in [-0.25, -0.2) is 0 Å². The van der Waals surface area contributed by atoms with Gasteiger partial charge in [-0.2, -0.15) is 0 Å². The lowest BCUT2D eigenvalue weighted by molar-refractivity contribution is 0.302. The van der Waals surface area contributed by atoms with Gasteiger partial charge in [0.1, 0.15) is 0 Å². The van der Waals surface area contributed by atoms with Gasteiger partial charge >= 0.3 is 0 Å². The van der Waals surface area contributed by atoms with Gasteiger partial charge in [-0.1, -0.05) is 34.1 Å². The van der Waals surface area contributed by atoms with Crippen LogP contribution in [0.1, 0.15) is 59.8 Å². The van der Waals surface area contributed by atoms with E-state index in [9.17, 15) is 0 Å². The molecule has 0 aliphatic heterocycles. The van der Waals surface area contributed by atoms with E-state index in [-0.39, 0.29) is 0 Å². The second-order valence-electron chi connectivity index (χ2n) is 4.86. The topological polar surface area (TPSA) is 3.24 Å². The minimum atomic E-state index is 0.925. The van der Waals surface area contributed by atoms with E-state index in [0.717, 1.165) is 11.8 Å². The lowest BCUT2D eigenvalue weighted by Gasteiger charge is -2.17. The van der Waals surface area contributed by atoms with E-state index >= 15 is 0 Å². The summed E-state index contributed by atoms with van der Waals surface area (Å²) in [5.74, 6) is 1.97. The van der Waals surface area contributed by atoms with Crippen molar-refractivity contribution in [2.24, 2.45) is 11.8 Å². The third kappa shape index (κ3) is 8.92. The first-order valence-corrected chi connectivity index (χ1v) is 6.91. The van der Waals surface area contributed by atoms with E-state index in [1.54, 1.807) is 0 Å². The minimum Gasteiger partial charge on any atom is -0.306 e. The molecule has 0 aromatic carbocycles. The van der Waals surface area contributed by atoms with Crippen LogP contribution in [0.5, 0.6) is 0 Å². The molecule has 0 amide bonds. The second-order valence-corrected chi connectivity index (χ2v) is 4.86. The Morgan fingerprint density at radius 1 is 1.27 bits per heavy atom. The highest BCUT2D eigenvalue weighted by Crippen LogP contribution is 2.29. The molecule has 0 aromatic heterocycles. The van der Waals surface area contributed by atoms with E-state index in [0.29, 0.717) is 0 Å². The molecule has 1 aliphatic carbocycles. The number of rotatable bonds is 7. The van der Waals surface area contributed by atoms with Gasteiger partial charge in [-0.3, -0.25) is 0 Å². The predicted octanol–water partition coefficient (Wildman–Crippen LogP) is 4.18. The Bertz CT molecular complexity index is 129. The summed E-state index contributed by atoms with van der Waals surface area (Å²) in [4.78, 5) is 2.51. The number of hydrogen-bond donors (Lipinski definition) is 0. The molecule has 0 heterocycles. The monoisotopic (exact) mass is 213 g/mol.